The van der Waals surface area contributed by atoms with E-state index >= 15 is 0 Å². The second kappa shape index (κ2) is 7.24. The van der Waals surface area contributed by atoms with E-state index in [4.69, 9.17) is 5.73 Å². The van der Waals surface area contributed by atoms with Crippen LogP contribution in [0, 0.1) is 5.82 Å². The van der Waals surface area contributed by atoms with Gasteiger partial charge < -0.3 is 21.5 Å². The van der Waals surface area contributed by atoms with Crippen LogP contribution in [0.3, 0.4) is 0 Å². The lowest BCUT2D eigenvalue weighted by Gasteiger charge is -2.18. The predicted molar refractivity (Wildman–Crippen MR) is 102 cm³/mol. The second-order valence-corrected chi connectivity index (χ2v) is 6.67. The van der Waals surface area contributed by atoms with Gasteiger partial charge in [-0.2, -0.15) is 5.10 Å². The van der Waals surface area contributed by atoms with E-state index < -0.39 is 6.04 Å². The zero-order valence-electron chi connectivity index (χ0n) is 14.6. The maximum absolute atomic E-state index is 13.1. The molecular weight excluding hydrogens is 347 g/mol. The number of aliphatic hydroxyl groups excluding tert-OH is 1. The summed E-state index contributed by atoms with van der Waals surface area (Å²) in [4.78, 5) is 4.48. The Morgan fingerprint density at radius 3 is 2.67 bits per heavy atom. The number of aliphatic hydroxyl groups is 1. The summed E-state index contributed by atoms with van der Waals surface area (Å²) in [6, 6.07) is 11.0. The van der Waals surface area contributed by atoms with E-state index in [1.54, 1.807) is 24.3 Å². The molecule has 1 saturated carbocycles. The third-order valence-electron chi connectivity index (χ3n) is 4.56. The van der Waals surface area contributed by atoms with Gasteiger partial charge >= 0.3 is 0 Å². The molecule has 1 fully saturated rings. The van der Waals surface area contributed by atoms with Crippen LogP contribution in [-0.4, -0.2) is 26.9 Å². The molecule has 1 atom stereocenters. The second-order valence-electron chi connectivity index (χ2n) is 6.67. The summed E-state index contributed by atoms with van der Waals surface area (Å²) in [6.45, 7) is -0.162. The normalized spacial score (nSPS) is 14.7. The van der Waals surface area contributed by atoms with Crippen molar-refractivity contribution in [3.8, 4) is 0 Å². The van der Waals surface area contributed by atoms with Gasteiger partial charge in [-0.15, -0.1) is 0 Å². The van der Waals surface area contributed by atoms with E-state index in [2.05, 4.69) is 25.8 Å². The monoisotopic (exact) mass is 368 g/mol. The van der Waals surface area contributed by atoms with E-state index in [0.29, 0.717) is 29.1 Å². The van der Waals surface area contributed by atoms with Crippen LogP contribution in [0.15, 0.2) is 42.5 Å². The molecule has 6 N–H and O–H groups in total. The van der Waals surface area contributed by atoms with Gasteiger partial charge in [-0.05, 0) is 42.7 Å². The number of H-pyrrole nitrogens is 1. The minimum atomic E-state index is -0.415. The summed E-state index contributed by atoms with van der Waals surface area (Å²) >= 11 is 0. The van der Waals surface area contributed by atoms with Crippen LogP contribution < -0.4 is 16.4 Å². The van der Waals surface area contributed by atoms with Crippen molar-refractivity contribution in [1.82, 2.24) is 15.2 Å². The quantitative estimate of drug-likeness (QED) is 0.437. The molecule has 0 unspecified atom stereocenters. The zero-order valence-corrected chi connectivity index (χ0v) is 14.6. The van der Waals surface area contributed by atoms with E-state index in [0.717, 1.165) is 11.3 Å². The van der Waals surface area contributed by atoms with Crippen LogP contribution in [0.1, 0.15) is 36.1 Å². The van der Waals surface area contributed by atoms with Gasteiger partial charge in [-0.3, -0.25) is 5.10 Å². The van der Waals surface area contributed by atoms with Crippen LogP contribution in [0.2, 0.25) is 0 Å². The summed E-state index contributed by atoms with van der Waals surface area (Å²) in [7, 11) is 0. The Kier molecular flexibility index (Phi) is 4.64. The Morgan fingerprint density at radius 2 is 1.96 bits per heavy atom. The topological polar surface area (TPSA) is 112 Å². The average Bonchev–Trinajstić information content (AvgIpc) is 3.42. The number of nitrogens with two attached hydrogens (primary N) is 1. The smallest absolute Gasteiger partial charge is 0.157 e. The molecule has 0 aliphatic heterocycles. The molecule has 2 heterocycles. The third-order valence-corrected chi connectivity index (χ3v) is 4.56. The summed E-state index contributed by atoms with van der Waals surface area (Å²) in [5.41, 5.74) is 8.38. The van der Waals surface area contributed by atoms with E-state index in [1.165, 1.54) is 25.0 Å². The highest BCUT2D eigenvalue weighted by molar-refractivity contribution is 5.69. The van der Waals surface area contributed by atoms with Crippen LogP contribution in [0.4, 0.5) is 27.5 Å². The number of nitrogen functional groups attached to an aromatic ring is 1. The summed E-state index contributed by atoms with van der Waals surface area (Å²) in [6.07, 6.45) is 2.38. The number of benzene rings is 1. The molecule has 4 rings (SSSR count). The van der Waals surface area contributed by atoms with Gasteiger partial charge in [0.15, 0.2) is 11.6 Å². The molecule has 7 nitrogen and oxygen atoms in total. The third kappa shape index (κ3) is 4.01. The Morgan fingerprint density at radius 1 is 1.19 bits per heavy atom. The molecule has 2 aromatic heterocycles. The van der Waals surface area contributed by atoms with E-state index in [1.807, 2.05) is 6.07 Å². The van der Waals surface area contributed by atoms with Gasteiger partial charge in [-0.1, -0.05) is 12.1 Å². The fourth-order valence-corrected chi connectivity index (χ4v) is 2.88. The number of pyridine rings is 1. The first kappa shape index (κ1) is 17.3. The fourth-order valence-electron chi connectivity index (χ4n) is 2.88. The molecule has 1 aliphatic carbocycles. The van der Waals surface area contributed by atoms with Crippen molar-refractivity contribution in [2.75, 3.05) is 23.0 Å². The van der Waals surface area contributed by atoms with Crippen molar-refractivity contribution in [3.05, 3.63) is 59.5 Å². The average molecular weight is 368 g/mol. The van der Waals surface area contributed by atoms with E-state index in [-0.39, 0.29) is 12.4 Å². The van der Waals surface area contributed by atoms with Crippen LogP contribution >= 0.6 is 0 Å². The number of hydrogen-bond donors (Lipinski definition) is 5. The maximum atomic E-state index is 13.1. The zero-order chi connectivity index (χ0) is 18.8. The molecule has 140 valence electrons. The van der Waals surface area contributed by atoms with Gasteiger partial charge in [0.05, 0.1) is 18.3 Å². The number of nitrogens with zero attached hydrogens (tertiary/aromatic N) is 2. The van der Waals surface area contributed by atoms with Crippen molar-refractivity contribution in [2.45, 2.75) is 24.8 Å². The van der Waals surface area contributed by atoms with Gasteiger partial charge in [0.2, 0.25) is 0 Å². The standard InChI is InChI=1S/C19H21FN6O/c20-13-5-3-12(4-6-13)16(10-27)22-17-8-7-14(21)19(23-17)24-18-9-15(25-26-18)11-1-2-11/h3-9,11,16,27H,1-2,10,21H2,(H3,22,23,24,25,26)/t16-/m0/s1. The fraction of sp³-hybridized carbons (Fsp3) is 0.263. The predicted octanol–water partition coefficient (Wildman–Crippen LogP) is 3.29. The molecule has 1 aromatic carbocycles. The number of rotatable bonds is 7. The molecular formula is C19H21FN6O. The Bertz CT molecular complexity index is 922. The minimum Gasteiger partial charge on any atom is -0.396 e. The molecule has 3 aromatic rings. The first-order valence-corrected chi connectivity index (χ1v) is 8.84. The lowest BCUT2D eigenvalue weighted by atomic mass is 10.1. The Labute approximate surface area is 155 Å². The summed E-state index contributed by atoms with van der Waals surface area (Å²) in [5, 5.41) is 23.2. The number of halogens is 1. The van der Waals surface area contributed by atoms with E-state index in [9.17, 15) is 9.50 Å². The lowest BCUT2D eigenvalue weighted by Crippen LogP contribution is -2.16. The van der Waals surface area contributed by atoms with Gasteiger partial charge in [0.1, 0.15) is 11.6 Å². The molecule has 8 heteroatoms. The van der Waals surface area contributed by atoms with Crippen molar-refractivity contribution < 1.29 is 9.50 Å². The van der Waals surface area contributed by atoms with Crippen LogP contribution in [0.25, 0.3) is 0 Å². The molecule has 0 bridgehead atoms. The Hall–Kier alpha value is -3.13. The lowest BCUT2D eigenvalue weighted by molar-refractivity contribution is 0.276. The molecule has 0 saturated heterocycles. The highest BCUT2D eigenvalue weighted by atomic mass is 19.1. The SMILES string of the molecule is Nc1ccc(N[C@@H](CO)c2ccc(F)cc2)nc1Nc1cc(C2CC2)[nH]n1. The molecule has 27 heavy (non-hydrogen) atoms. The molecule has 0 radical (unpaired) electrons. The summed E-state index contributed by atoms with van der Waals surface area (Å²) < 4.78 is 13.1. The van der Waals surface area contributed by atoms with Gasteiger partial charge in [0.25, 0.3) is 0 Å². The highest BCUT2D eigenvalue weighted by Gasteiger charge is 2.25. The number of anilines is 4. The van der Waals surface area contributed by atoms with Crippen molar-refractivity contribution in [1.29, 1.82) is 0 Å². The van der Waals surface area contributed by atoms with Crippen molar-refractivity contribution >= 4 is 23.1 Å². The Balaban J connectivity index is 1.51. The van der Waals surface area contributed by atoms with Crippen LogP contribution in [-0.2, 0) is 0 Å². The number of hydrogen-bond acceptors (Lipinski definition) is 6. The first-order chi connectivity index (χ1) is 13.1. The molecule has 0 spiro atoms. The van der Waals surface area contributed by atoms with Gasteiger partial charge in [0, 0.05) is 17.7 Å². The summed E-state index contributed by atoms with van der Waals surface area (Å²) in [5.74, 6) is 1.92. The van der Waals surface area contributed by atoms with Crippen molar-refractivity contribution in [2.24, 2.45) is 0 Å². The number of aromatic amines is 1. The molecule has 1 aliphatic rings. The van der Waals surface area contributed by atoms with Gasteiger partial charge in [-0.25, -0.2) is 9.37 Å². The highest BCUT2D eigenvalue weighted by Crippen LogP contribution is 2.39. The number of nitrogens with one attached hydrogen (secondary N) is 3. The van der Waals surface area contributed by atoms with Crippen molar-refractivity contribution in [3.63, 3.8) is 0 Å². The van der Waals surface area contributed by atoms with Crippen LogP contribution in [0.5, 0.6) is 0 Å². The molecule has 0 amide bonds. The maximum Gasteiger partial charge on any atom is 0.157 e. The number of aromatic nitrogens is 3. The first-order valence-electron chi connectivity index (χ1n) is 8.84. The minimum absolute atomic E-state index is 0.162. The largest absolute Gasteiger partial charge is 0.396 e.